The van der Waals surface area contributed by atoms with Crippen molar-refractivity contribution in [2.45, 2.75) is 0 Å². The average molecular weight is 891 g/mol. The summed E-state index contributed by atoms with van der Waals surface area (Å²) in [4.78, 5) is 2.40. The lowest BCUT2D eigenvalue weighted by Gasteiger charge is -2.27. The van der Waals surface area contributed by atoms with Crippen LogP contribution in [0.2, 0.25) is 0 Å². The normalized spacial score (nSPS) is 11.4. The van der Waals surface area contributed by atoms with Gasteiger partial charge in [-0.2, -0.15) is 0 Å². The second kappa shape index (κ2) is 17.4. The highest BCUT2D eigenvalue weighted by molar-refractivity contribution is 6.09. The minimum absolute atomic E-state index is 1.07. The predicted octanol–water partition coefficient (Wildman–Crippen LogP) is 18.9. The highest BCUT2D eigenvalue weighted by Crippen LogP contribution is 2.44. The van der Waals surface area contributed by atoms with E-state index < -0.39 is 0 Å². The zero-order valence-electron chi connectivity index (χ0n) is 38.5. The van der Waals surface area contributed by atoms with Crippen LogP contribution in [0.5, 0.6) is 0 Å². The van der Waals surface area contributed by atoms with Gasteiger partial charge in [-0.1, -0.05) is 218 Å². The maximum Gasteiger partial charge on any atom is 0.0541 e. The van der Waals surface area contributed by atoms with Crippen molar-refractivity contribution in [2.75, 3.05) is 4.90 Å². The standard InChI is InChI=1S/C68H46N2/c1-2-15-47(16-3-1)48-31-33-53(34-32-48)66-46-58(43-44-63(66)54-21-12-22-57(45-54)70-67-29-10-8-25-64(67)65-26-9-11-30-68(65)70)69(55-39-35-51(36-40-55)61-27-13-19-49-17-4-6-23-59(49)61)56-41-37-52(38-42-56)62-28-14-20-50-18-5-7-24-60(50)62/h1-46H. The molecule has 2 nitrogen and oxygen atoms in total. The molecule has 0 aliphatic rings. The molecule has 13 aromatic rings. The fourth-order valence-corrected chi connectivity index (χ4v) is 10.6. The van der Waals surface area contributed by atoms with Crippen LogP contribution in [0.1, 0.15) is 0 Å². The number of hydrogen-bond acceptors (Lipinski definition) is 1. The molecule has 0 spiro atoms. The van der Waals surface area contributed by atoms with Crippen molar-refractivity contribution < 1.29 is 0 Å². The highest BCUT2D eigenvalue weighted by atomic mass is 15.1. The van der Waals surface area contributed by atoms with Crippen LogP contribution in [0.3, 0.4) is 0 Å². The maximum absolute atomic E-state index is 2.41. The number of rotatable bonds is 9. The van der Waals surface area contributed by atoms with Crippen molar-refractivity contribution in [3.8, 4) is 61.3 Å². The number of benzene rings is 12. The third-order valence-electron chi connectivity index (χ3n) is 14.0. The van der Waals surface area contributed by atoms with E-state index >= 15 is 0 Å². The van der Waals surface area contributed by atoms with E-state index in [4.69, 9.17) is 0 Å². The SMILES string of the molecule is c1ccc(-c2ccc(-c3cc(N(c4ccc(-c5cccc6ccccc56)cc4)c4ccc(-c5cccc6ccccc56)cc4)ccc3-c3cccc(-n4c5ccccc5c5ccccc54)c3)cc2)cc1. The molecule has 70 heavy (non-hydrogen) atoms. The van der Waals surface area contributed by atoms with Crippen molar-refractivity contribution in [1.82, 2.24) is 4.57 Å². The second-order valence-corrected chi connectivity index (χ2v) is 18.1. The van der Waals surface area contributed by atoms with Crippen LogP contribution in [-0.2, 0) is 0 Å². The Hall–Kier alpha value is -9.24. The Balaban J connectivity index is 0.977. The van der Waals surface area contributed by atoms with Gasteiger partial charge in [-0.05, 0) is 138 Å². The van der Waals surface area contributed by atoms with Gasteiger partial charge in [0, 0.05) is 33.5 Å². The van der Waals surface area contributed by atoms with E-state index in [-0.39, 0.29) is 0 Å². The molecule has 1 heterocycles. The summed E-state index contributed by atoms with van der Waals surface area (Å²) in [5.74, 6) is 0. The summed E-state index contributed by atoms with van der Waals surface area (Å²) in [6.07, 6.45) is 0. The Morgan fingerprint density at radius 1 is 0.229 bits per heavy atom. The van der Waals surface area contributed by atoms with Crippen LogP contribution in [0, 0.1) is 0 Å². The molecule has 0 bridgehead atoms. The van der Waals surface area contributed by atoms with Crippen molar-refractivity contribution in [2.24, 2.45) is 0 Å². The van der Waals surface area contributed by atoms with E-state index in [1.165, 1.54) is 76.7 Å². The van der Waals surface area contributed by atoms with Crippen LogP contribution in [0.15, 0.2) is 279 Å². The van der Waals surface area contributed by atoms with Crippen molar-refractivity contribution in [3.05, 3.63) is 279 Å². The largest absolute Gasteiger partial charge is 0.310 e. The molecule has 0 aliphatic heterocycles. The molecular weight excluding hydrogens is 845 g/mol. The molecule has 328 valence electrons. The Bertz CT molecular complexity index is 3850. The van der Waals surface area contributed by atoms with Gasteiger partial charge >= 0.3 is 0 Å². The number of fused-ring (bicyclic) bond motifs is 5. The fraction of sp³-hybridized carbons (Fsp3) is 0. The van der Waals surface area contributed by atoms with Gasteiger partial charge in [0.1, 0.15) is 0 Å². The van der Waals surface area contributed by atoms with E-state index in [9.17, 15) is 0 Å². The first-order chi connectivity index (χ1) is 34.7. The lowest BCUT2D eigenvalue weighted by molar-refractivity contribution is 1.18. The van der Waals surface area contributed by atoms with Gasteiger partial charge in [0.05, 0.1) is 11.0 Å². The molecule has 0 fully saturated rings. The van der Waals surface area contributed by atoms with E-state index in [1.54, 1.807) is 0 Å². The predicted molar refractivity (Wildman–Crippen MR) is 298 cm³/mol. The molecule has 12 aromatic carbocycles. The summed E-state index contributed by atoms with van der Waals surface area (Å²) in [6.45, 7) is 0. The Morgan fingerprint density at radius 2 is 0.643 bits per heavy atom. The number of nitrogens with zero attached hydrogens (tertiary/aromatic N) is 2. The monoisotopic (exact) mass is 890 g/mol. The molecule has 0 saturated carbocycles. The van der Waals surface area contributed by atoms with E-state index in [2.05, 4.69) is 289 Å². The van der Waals surface area contributed by atoms with Gasteiger partial charge in [-0.25, -0.2) is 0 Å². The van der Waals surface area contributed by atoms with Crippen molar-refractivity contribution in [1.29, 1.82) is 0 Å². The number of anilines is 3. The summed E-state index contributed by atoms with van der Waals surface area (Å²) in [6, 6.07) is 102. The molecule has 0 atom stereocenters. The third kappa shape index (κ3) is 7.31. The summed E-state index contributed by atoms with van der Waals surface area (Å²) < 4.78 is 2.41. The molecule has 13 rings (SSSR count). The summed E-state index contributed by atoms with van der Waals surface area (Å²) >= 11 is 0. The van der Waals surface area contributed by atoms with Gasteiger partial charge < -0.3 is 9.47 Å². The minimum Gasteiger partial charge on any atom is -0.310 e. The topological polar surface area (TPSA) is 8.17 Å². The zero-order chi connectivity index (χ0) is 46.4. The van der Waals surface area contributed by atoms with E-state index in [0.717, 1.165) is 45.0 Å². The van der Waals surface area contributed by atoms with Crippen molar-refractivity contribution in [3.63, 3.8) is 0 Å². The molecule has 0 saturated heterocycles. The van der Waals surface area contributed by atoms with Crippen LogP contribution in [-0.4, -0.2) is 4.57 Å². The number of aromatic nitrogens is 1. The summed E-state index contributed by atoms with van der Waals surface area (Å²) in [5.41, 5.74) is 18.6. The molecule has 0 aliphatic carbocycles. The number of hydrogen-bond donors (Lipinski definition) is 0. The van der Waals surface area contributed by atoms with Gasteiger partial charge in [0.25, 0.3) is 0 Å². The van der Waals surface area contributed by atoms with E-state index in [0.29, 0.717) is 0 Å². The molecule has 2 heteroatoms. The maximum atomic E-state index is 2.41. The number of para-hydroxylation sites is 2. The quantitative estimate of drug-likeness (QED) is 0.140. The first-order valence-electron chi connectivity index (χ1n) is 24.1. The molecule has 1 aromatic heterocycles. The molecule has 0 N–H and O–H groups in total. The van der Waals surface area contributed by atoms with Crippen LogP contribution in [0.25, 0.3) is 105 Å². The zero-order valence-corrected chi connectivity index (χ0v) is 38.5. The Kier molecular flexibility index (Phi) is 10.2. The van der Waals surface area contributed by atoms with E-state index in [1.807, 2.05) is 0 Å². The smallest absolute Gasteiger partial charge is 0.0541 e. The lowest BCUT2D eigenvalue weighted by Crippen LogP contribution is -2.10. The molecular formula is C68H46N2. The fourth-order valence-electron chi connectivity index (χ4n) is 10.6. The first kappa shape index (κ1) is 41.0. The van der Waals surface area contributed by atoms with Crippen molar-refractivity contribution >= 4 is 60.4 Å². The Morgan fingerprint density at radius 3 is 1.23 bits per heavy atom. The molecule has 0 unspecified atom stereocenters. The van der Waals surface area contributed by atoms with Gasteiger partial charge in [0.15, 0.2) is 0 Å². The van der Waals surface area contributed by atoms with Gasteiger partial charge in [-0.3, -0.25) is 0 Å². The van der Waals surface area contributed by atoms with Crippen LogP contribution in [0.4, 0.5) is 17.1 Å². The molecule has 0 amide bonds. The van der Waals surface area contributed by atoms with Gasteiger partial charge in [-0.15, -0.1) is 0 Å². The second-order valence-electron chi connectivity index (χ2n) is 18.1. The van der Waals surface area contributed by atoms with Gasteiger partial charge in [0.2, 0.25) is 0 Å². The summed E-state index contributed by atoms with van der Waals surface area (Å²) in [7, 11) is 0. The third-order valence-corrected chi connectivity index (χ3v) is 14.0. The Labute approximate surface area is 408 Å². The highest BCUT2D eigenvalue weighted by Gasteiger charge is 2.19. The minimum atomic E-state index is 1.07. The first-order valence-corrected chi connectivity index (χ1v) is 24.1. The van der Waals surface area contributed by atoms with Crippen LogP contribution >= 0.6 is 0 Å². The average Bonchev–Trinajstić information content (AvgIpc) is 3.78. The summed E-state index contributed by atoms with van der Waals surface area (Å²) in [5, 5.41) is 7.48. The lowest BCUT2D eigenvalue weighted by atomic mass is 9.92. The molecule has 0 radical (unpaired) electrons. The van der Waals surface area contributed by atoms with Crippen LogP contribution < -0.4 is 4.90 Å².